The summed E-state index contributed by atoms with van der Waals surface area (Å²) in [6, 6.07) is 5.44. The summed E-state index contributed by atoms with van der Waals surface area (Å²) in [5.41, 5.74) is 2.01. The van der Waals surface area contributed by atoms with Gasteiger partial charge in [0.15, 0.2) is 5.58 Å². The van der Waals surface area contributed by atoms with Gasteiger partial charge in [0.05, 0.1) is 24.3 Å². The van der Waals surface area contributed by atoms with Gasteiger partial charge in [0.25, 0.3) is 10.7 Å². The van der Waals surface area contributed by atoms with E-state index >= 15 is 0 Å². The van der Waals surface area contributed by atoms with E-state index in [1.807, 2.05) is 17.0 Å². The minimum Gasteiger partial charge on any atom is -0.429 e. The van der Waals surface area contributed by atoms with E-state index in [0.717, 1.165) is 18.4 Å². The molecule has 1 N–H and O–H groups in total. The number of nitrogens with one attached hydrogen (secondary N) is 1. The average molecular weight is 304 g/mol. The van der Waals surface area contributed by atoms with Crippen LogP contribution in [0.4, 0.5) is 0 Å². The van der Waals surface area contributed by atoms with E-state index in [9.17, 15) is 4.79 Å². The fraction of sp³-hybridized carbons (Fsp3) is 0.467. The summed E-state index contributed by atoms with van der Waals surface area (Å²) in [5, 5.41) is 0. The molecule has 2 fully saturated rings. The molecule has 6 heteroatoms. The summed E-state index contributed by atoms with van der Waals surface area (Å²) < 4.78 is 11.0. The molecule has 0 atom stereocenters. The predicted molar refractivity (Wildman–Crippen MR) is 79.8 cm³/mol. The normalized spacial score (nSPS) is 20.7. The number of carbonyl (C=O) groups is 1. The van der Waals surface area contributed by atoms with Crippen molar-refractivity contribution < 1.29 is 13.9 Å². The van der Waals surface area contributed by atoms with Gasteiger partial charge in [-0.1, -0.05) is 0 Å². The Kier molecular flexibility index (Phi) is 2.90. The third-order valence-corrected chi connectivity index (χ3v) is 4.79. The molecular formula is C15H16N2O3S. The molecule has 1 saturated carbocycles. The van der Waals surface area contributed by atoms with Crippen LogP contribution in [0.15, 0.2) is 22.6 Å². The number of hydrogen-bond donors (Lipinski definition) is 1. The van der Waals surface area contributed by atoms with Crippen molar-refractivity contribution in [3.63, 3.8) is 0 Å². The summed E-state index contributed by atoms with van der Waals surface area (Å²) in [6.45, 7) is 1.93. The molecule has 5 nitrogen and oxygen atoms in total. The number of aromatic nitrogens is 1. The molecule has 2 aromatic rings. The smallest absolute Gasteiger partial charge is 0.266 e. The van der Waals surface area contributed by atoms with E-state index in [1.165, 1.54) is 6.42 Å². The number of rotatable bonds is 1. The van der Waals surface area contributed by atoms with Crippen LogP contribution in [0.2, 0.25) is 0 Å². The van der Waals surface area contributed by atoms with Crippen LogP contribution in [0, 0.1) is 4.84 Å². The first-order chi connectivity index (χ1) is 10.2. The van der Waals surface area contributed by atoms with Crippen molar-refractivity contribution in [2.24, 2.45) is 0 Å². The lowest BCUT2D eigenvalue weighted by molar-refractivity contribution is -0.0877. The monoisotopic (exact) mass is 304 g/mol. The molecule has 0 unspecified atom stereocenters. The zero-order valence-electron chi connectivity index (χ0n) is 11.6. The number of nitrogens with zero attached hydrogens (tertiary/aromatic N) is 1. The Labute approximate surface area is 126 Å². The van der Waals surface area contributed by atoms with Gasteiger partial charge in [0.2, 0.25) is 0 Å². The van der Waals surface area contributed by atoms with Gasteiger partial charge in [-0.25, -0.2) is 0 Å². The van der Waals surface area contributed by atoms with Gasteiger partial charge in [-0.15, -0.1) is 0 Å². The maximum Gasteiger partial charge on any atom is 0.266 e. The van der Waals surface area contributed by atoms with Crippen LogP contribution >= 0.6 is 12.2 Å². The van der Waals surface area contributed by atoms with E-state index in [2.05, 4.69) is 4.98 Å². The number of fused-ring (bicyclic) bond motifs is 1. The number of carbonyl (C=O) groups excluding carboxylic acids is 1. The topological polar surface area (TPSA) is 58.5 Å². The van der Waals surface area contributed by atoms with Crippen LogP contribution in [0.25, 0.3) is 11.1 Å². The number of ether oxygens (including phenoxy) is 1. The maximum atomic E-state index is 12.9. The lowest BCUT2D eigenvalue weighted by atomic mass is 9.75. The van der Waals surface area contributed by atoms with Crippen molar-refractivity contribution in [3.8, 4) is 0 Å². The number of oxazole rings is 1. The highest BCUT2D eigenvalue weighted by molar-refractivity contribution is 7.71. The minimum absolute atomic E-state index is 0.0576. The first-order valence-corrected chi connectivity index (χ1v) is 7.61. The first-order valence-electron chi connectivity index (χ1n) is 7.21. The molecule has 0 bridgehead atoms. The Bertz CT molecular complexity index is 760. The summed E-state index contributed by atoms with van der Waals surface area (Å²) in [4.78, 5) is 18.1. The SMILES string of the molecule is O=C(c1ccc2[nH]c(=S)oc2c1)N1CCOCC12CCC2. The van der Waals surface area contributed by atoms with Crippen LogP contribution in [0.5, 0.6) is 0 Å². The molecule has 4 rings (SSSR count). The summed E-state index contributed by atoms with van der Waals surface area (Å²) in [6.07, 6.45) is 3.23. The van der Waals surface area contributed by atoms with Crippen molar-refractivity contribution in [2.45, 2.75) is 24.8 Å². The van der Waals surface area contributed by atoms with E-state index in [0.29, 0.717) is 35.7 Å². The van der Waals surface area contributed by atoms with Crippen LogP contribution in [0.3, 0.4) is 0 Å². The highest BCUT2D eigenvalue weighted by atomic mass is 32.1. The molecule has 2 aliphatic rings. The zero-order valence-corrected chi connectivity index (χ0v) is 12.4. The van der Waals surface area contributed by atoms with Gasteiger partial charge in [-0.3, -0.25) is 4.79 Å². The fourth-order valence-corrected chi connectivity index (χ4v) is 3.48. The van der Waals surface area contributed by atoms with E-state index in [-0.39, 0.29) is 11.4 Å². The fourth-order valence-electron chi connectivity index (χ4n) is 3.28. The van der Waals surface area contributed by atoms with Crippen molar-refractivity contribution in [3.05, 3.63) is 28.6 Å². The Morgan fingerprint density at radius 3 is 3.00 bits per heavy atom. The van der Waals surface area contributed by atoms with Gasteiger partial charge in [-0.2, -0.15) is 0 Å². The van der Waals surface area contributed by atoms with Crippen LogP contribution in [-0.4, -0.2) is 41.1 Å². The van der Waals surface area contributed by atoms with Gasteiger partial charge >= 0.3 is 0 Å². The number of hydrogen-bond acceptors (Lipinski definition) is 4. The summed E-state index contributed by atoms with van der Waals surface area (Å²) >= 11 is 4.98. The second-order valence-corrected chi connectivity index (χ2v) is 6.18. The predicted octanol–water partition coefficient (Wildman–Crippen LogP) is 2.89. The molecule has 1 saturated heterocycles. The Morgan fingerprint density at radius 1 is 1.38 bits per heavy atom. The zero-order chi connectivity index (χ0) is 14.4. The Hall–Kier alpha value is -1.66. The second kappa shape index (κ2) is 4.68. The number of morpholine rings is 1. The standard InChI is InChI=1S/C15H16N2O3S/c18-13(17-6-7-19-9-15(17)4-1-5-15)10-2-3-11-12(8-10)20-14(21)16-11/h2-3,8H,1,4-7,9H2,(H,16,21). The molecule has 1 spiro atoms. The lowest BCUT2D eigenvalue weighted by Crippen LogP contribution is -2.62. The molecule has 1 aromatic heterocycles. The van der Waals surface area contributed by atoms with Gasteiger partial charge < -0.3 is 19.0 Å². The van der Waals surface area contributed by atoms with Crippen molar-refractivity contribution in [1.82, 2.24) is 9.88 Å². The van der Waals surface area contributed by atoms with Crippen molar-refractivity contribution in [1.29, 1.82) is 0 Å². The summed E-state index contributed by atoms with van der Waals surface area (Å²) in [7, 11) is 0. The highest BCUT2D eigenvalue weighted by Crippen LogP contribution is 2.40. The Morgan fingerprint density at radius 2 is 2.24 bits per heavy atom. The number of aromatic amines is 1. The van der Waals surface area contributed by atoms with Gasteiger partial charge in [0.1, 0.15) is 0 Å². The van der Waals surface area contributed by atoms with E-state index < -0.39 is 0 Å². The Balaban J connectivity index is 1.69. The van der Waals surface area contributed by atoms with Crippen LogP contribution < -0.4 is 0 Å². The molecule has 2 heterocycles. The minimum atomic E-state index is -0.0806. The molecule has 0 radical (unpaired) electrons. The molecule has 1 aliphatic carbocycles. The molecular weight excluding hydrogens is 288 g/mol. The first kappa shape index (κ1) is 13.0. The lowest BCUT2D eigenvalue weighted by Gasteiger charge is -2.52. The van der Waals surface area contributed by atoms with Crippen molar-refractivity contribution in [2.75, 3.05) is 19.8 Å². The second-order valence-electron chi connectivity index (χ2n) is 5.81. The highest BCUT2D eigenvalue weighted by Gasteiger charge is 2.47. The van der Waals surface area contributed by atoms with E-state index in [4.69, 9.17) is 21.4 Å². The maximum absolute atomic E-state index is 12.9. The van der Waals surface area contributed by atoms with Gasteiger partial charge in [0, 0.05) is 12.1 Å². The van der Waals surface area contributed by atoms with Crippen molar-refractivity contribution >= 4 is 29.2 Å². The molecule has 1 aromatic carbocycles. The summed E-state index contributed by atoms with van der Waals surface area (Å²) in [5.74, 6) is 0.0576. The van der Waals surface area contributed by atoms with Gasteiger partial charge in [-0.05, 0) is 49.7 Å². The van der Waals surface area contributed by atoms with E-state index in [1.54, 1.807) is 6.07 Å². The third kappa shape index (κ3) is 2.01. The quantitative estimate of drug-likeness (QED) is 0.823. The third-order valence-electron chi connectivity index (χ3n) is 4.60. The number of amides is 1. The number of H-pyrrole nitrogens is 1. The number of benzene rings is 1. The molecule has 1 amide bonds. The molecule has 1 aliphatic heterocycles. The van der Waals surface area contributed by atoms with Crippen LogP contribution in [0.1, 0.15) is 29.6 Å². The average Bonchev–Trinajstić information content (AvgIpc) is 2.83. The largest absolute Gasteiger partial charge is 0.429 e. The molecule has 21 heavy (non-hydrogen) atoms. The van der Waals surface area contributed by atoms with Crippen LogP contribution in [-0.2, 0) is 4.74 Å². The molecule has 110 valence electrons.